The van der Waals surface area contributed by atoms with Gasteiger partial charge in [0.05, 0.1) is 34.0 Å². The average molecular weight is 513 g/mol. The Morgan fingerprint density at radius 3 is 2.67 bits per heavy atom. The van der Waals surface area contributed by atoms with Gasteiger partial charge >= 0.3 is 0 Å². The van der Waals surface area contributed by atoms with Crippen LogP contribution in [-0.2, 0) is 22.3 Å². The lowest BCUT2D eigenvalue weighted by molar-refractivity contribution is -0.0126. The van der Waals surface area contributed by atoms with Crippen molar-refractivity contribution < 1.29 is 26.4 Å². The lowest BCUT2D eigenvalue weighted by atomic mass is 10.0. The minimum atomic E-state index is -4.10. The first-order valence-electron chi connectivity index (χ1n) is 10.9. The van der Waals surface area contributed by atoms with Crippen LogP contribution in [-0.4, -0.2) is 30.0 Å². The van der Waals surface area contributed by atoms with Crippen LogP contribution in [0.3, 0.4) is 0 Å². The Labute approximate surface area is 204 Å². The van der Waals surface area contributed by atoms with Crippen LogP contribution in [0.4, 0.5) is 24.7 Å². The van der Waals surface area contributed by atoms with Gasteiger partial charge in [-0.25, -0.2) is 26.6 Å². The number of anilines is 2. The Hall–Kier alpha value is -3.99. The van der Waals surface area contributed by atoms with E-state index in [0.29, 0.717) is 16.5 Å². The third-order valence-electron chi connectivity index (χ3n) is 6.03. The summed E-state index contributed by atoms with van der Waals surface area (Å²) < 4.78 is 69.3. The Morgan fingerprint density at radius 1 is 1.11 bits per heavy atom. The molecule has 2 aromatic carbocycles. The summed E-state index contributed by atoms with van der Waals surface area (Å²) in [6.07, 6.45) is 1.94. The third-order valence-corrected chi connectivity index (χ3v) is 7.82. The SMILES string of the molecule is Nc1nc2cc(CN(C(=O)c3cccnc3)c3cccc4c3S(=O)(=O)CCC4(F)F)ccc2cc1F. The summed E-state index contributed by atoms with van der Waals surface area (Å²) >= 11 is 0. The molecule has 11 heteroatoms. The van der Waals surface area contributed by atoms with Crippen molar-refractivity contribution in [3.63, 3.8) is 0 Å². The molecule has 7 nitrogen and oxygen atoms in total. The fraction of sp³-hybridized carbons (Fsp3) is 0.160. The minimum Gasteiger partial charge on any atom is -0.381 e. The smallest absolute Gasteiger partial charge is 0.275 e. The number of carbonyl (C=O) groups is 1. The first-order valence-corrected chi connectivity index (χ1v) is 12.5. The van der Waals surface area contributed by atoms with Crippen molar-refractivity contribution in [1.82, 2.24) is 9.97 Å². The molecule has 0 aliphatic carbocycles. The number of sulfone groups is 1. The van der Waals surface area contributed by atoms with Gasteiger partial charge in [0.1, 0.15) is 0 Å². The van der Waals surface area contributed by atoms with Gasteiger partial charge in [0.15, 0.2) is 21.5 Å². The lowest BCUT2D eigenvalue weighted by Crippen LogP contribution is -2.35. The van der Waals surface area contributed by atoms with Crippen molar-refractivity contribution >= 4 is 38.2 Å². The Kier molecular flexibility index (Phi) is 5.67. The molecule has 2 aromatic heterocycles. The summed E-state index contributed by atoms with van der Waals surface area (Å²) in [6.45, 7) is -0.180. The van der Waals surface area contributed by atoms with E-state index in [1.807, 2.05) is 0 Å². The molecular formula is C25H19F3N4O3S. The van der Waals surface area contributed by atoms with Crippen molar-refractivity contribution in [2.75, 3.05) is 16.4 Å². The fourth-order valence-electron chi connectivity index (χ4n) is 4.25. The summed E-state index contributed by atoms with van der Waals surface area (Å²) in [7, 11) is -4.10. The molecule has 1 aliphatic heterocycles. The van der Waals surface area contributed by atoms with E-state index in [0.717, 1.165) is 11.0 Å². The van der Waals surface area contributed by atoms with Gasteiger partial charge < -0.3 is 10.6 Å². The highest BCUT2D eigenvalue weighted by Crippen LogP contribution is 2.45. The summed E-state index contributed by atoms with van der Waals surface area (Å²) in [5.74, 6) is -5.72. The van der Waals surface area contributed by atoms with Gasteiger partial charge in [0.25, 0.3) is 11.8 Å². The van der Waals surface area contributed by atoms with E-state index in [4.69, 9.17) is 5.73 Å². The third kappa shape index (κ3) is 4.15. The lowest BCUT2D eigenvalue weighted by Gasteiger charge is -2.31. The zero-order chi connectivity index (χ0) is 25.7. The van der Waals surface area contributed by atoms with Crippen LogP contribution >= 0.6 is 0 Å². The van der Waals surface area contributed by atoms with Crippen LogP contribution in [0, 0.1) is 5.82 Å². The van der Waals surface area contributed by atoms with Gasteiger partial charge in [-0.05, 0) is 35.9 Å². The zero-order valence-corrected chi connectivity index (χ0v) is 19.5. The molecule has 0 atom stereocenters. The van der Waals surface area contributed by atoms with Gasteiger partial charge in [0.2, 0.25) is 0 Å². The second-order valence-corrected chi connectivity index (χ2v) is 10.5. The average Bonchev–Trinajstić information content (AvgIpc) is 2.86. The normalized spacial score (nSPS) is 15.9. The quantitative estimate of drug-likeness (QED) is 0.433. The molecule has 3 heterocycles. The van der Waals surface area contributed by atoms with E-state index >= 15 is 0 Å². The number of benzene rings is 2. The molecule has 36 heavy (non-hydrogen) atoms. The van der Waals surface area contributed by atoms with Crippen LogP contribution in [0.15, 0.2) is 71.9 Å². The van der Waals surface area contributed by atoms with Crippen LogP contribution in [0.2, 0.25) is 0 Å². The number of amides is 1. The Morgan fingerprint density at radius 2 is 1.92 bits per heavy atom. The van der Waals surface area contributed by atoms with E-state index in [1.165, 1.54) is 42.7 Å². The molecule has 1 amide bonds. The van der Waals surface area contributed by atoms with Crippen LogP contribution in [0.5, 0.6) is 0 Å². The summed E-state index contributed by atoms with van der Waals surface area (Å²) in [5, 5.41) is 0.467. The molecule has 0 saturated heterocycles. The number of nitrogens with zero attached hydrogens (tertiary/aromatic N) is 3. The second-order valence-electron chi connectivity index (χ2n) is 8.44. The summed E-state index contributed by atoms with van der Waals surface area (Å²) in [5.41, 5.74) is 5.78. The van der Waals surface area contributed by atoms with Gasteiger partial charge in [0, 0.05) is 29.8 Å². The van der Waals surface area contributed by atoms with E-state index in [1.54, 1.807) is 18.2 Å². The van der Waals surface area contributed by atoms with Crippen molar-refractivity contribution in [3.05, 3.63) is 89.5 Å². The first kappa shape index (κ1) is 23.7. The van der Waals surface area contributed by atoms with Crippen molar-refractivity contribution in [1.29, 1.82) is 0 Å². The van der Waals surface area contributed by atoms with Gasteiger partial charge in [-0.3, -0.25) is 9.78 Å². The summed E-state index contributed by atoms with van der Waals surface area (Å²) in [6, 6.07) is 12.7. The van der Waals surface area contributed by atoms with Crippen LogP contribution < -0.4 is 10.6 Å². The standard InChI is InChI=1S/C25H19F3N4O3S/c26-19-12-16-7-6-15(11-20(16)31-23(19)29)14-32(24(33)17-3-2-9-30-13-17)21-5-1-4-18-22(21)36(34,35)10-8-25(18,27)28/h1-7,9,11-13H,8,10,14H2,(H2,29,31). The molecule has 184 valence electrons. The highest BCUT2D eigenvalue weighted by Gasteiger charge is 2.45. The summed E-state index contributed by atoms with van der Waals surface area (Å²) in [4.78, 5) is 22.1. The second kappa shape index (κ2) is 8.59. The molecule has 0 fully saturated rings. The van der Waals surface area contributed by atoms with E-state index in [-0.39, 0.29) is 23.6 Å². The molecular weight excluding hydrogens is 493 g/mol. The highest BCUT2D eigenvalue weighted by atomic mass is 32.2. The van der Waals surface area contributed by atoms with Crippen LogP contribution in [0.25, 0.3) is 10.9 Å². The zero-order valence-electron chi connectivity index (χ0n) is 18.7. The predicted octanol–water partition coefficient (Wildman–Crippen LogP) is 4.47. The highest BCUT2D eigenvalue weighted by molar-refractivity contribution is 7.91. The maximum atomic E-state index is 14.8. The van der Waals surface area contributed by atoms with Gasteiger partial charge in [-0.15, -0.1) is 0 Å². The number of carbonyl (C=O) groups excluding carboxylic acids is 1. The molecule has 2 N–H and O–H groups in total. The number of hydrogen-bond donors (Lipinski definition) is 1. The van der Waals surface area contributed by atoms with Gasteiger partial charge in [-0.1, -0.05) is 24.3 Å². The van der Waals surface area contributed by atoms with E-state index < -0.39 is 50.1 Å². The number of nitrogens with two attached hydrogens (primary N) is 1. The molecule has 5 rings (SSSR count). The van der Waals surface area contributed by atoms with Gasteiger partial charge in [-0.2, -0.15) is 0 Å². The monoisotopic (exact) mass is 512 g/mol. The number of rotatable bonds is 4. The Balaban J connectivity index is 1.68. The molecule has 4 aromatic rings. The molecule has 0 bridgehead atoms. The molecule has 0 saturated carbocycles. The van der Waals surface area contributed by atoms with Crippen LogP contribution in [0.1, 0.15) is 27.9 Å². The van der Waals surface area contributed by atoms with Crippen molar-refractivity contribution in [2.24, 2.45) is 0 Å². The number of fused-ring (bicyclic) bond motifs is 2. The molecule has 0 spiro atoms. The molecule has 1 aliphatic rings. The minimum absolute atomic E-state index is 0.139. The van der Waals surface area contributed by atoms with Crippen molar-refractivity contribution in [3.8, 4) is 0 Å². The van der Waals surface area contributed by atoms with E-state index in [9.17, 15) is 26.4 Å². The Bertz CT molecular complexity index is 1610. The number of nitrogen functional groups attached to an aromatic ring is 1. The maximum absolute atomic E-state index is 14.8. The van der Waals surface area contributed by atoms with E-state index in [2.05, 4.69) is 9.97 Å². The number of alkyl halides is 2. The maximum Gasteiger partial charge on any atom is 0.275 e. The number of hydrogen-bond acceptors (Lipinski definition) is 6. The predicted molar refractivity (Wildman–Crippen MR) is 128 cm³/mol. The topological polar surface area (TPSA) is 106 Å². The number of aromatic nitrogens is 2. The molecule has 0 radical (unpaired) electrons. The molecule has 0 unspecified atom stereocenters. The number of pyridine rings is 2. The van der Waals surface area contributed by atoms with Crippen molar-refractivity contribution in [2.45, 2.75) is 23.8 Å². The fourth-order valence-corrected chi connectivity index (χ4v) is 6.02. The first-order chi connectivity index (χ1) is 17.1. The number of halogens is 3. The largest absolute Gasteiger partial charge is 0.381 e.